The molecule has 0 atom stereocenters. The molecule has 0 bridgehead atoms. The van der Waals surface area contributed by atoms with Gasteiger partial charge in [0.1, 0.15) is 5.75 Å². The zero-order chi connectivity index (χ0) is 16.2. The summed E-state index contributed by atoms with van der Waals surface area (Å²) in [6.45, 7) is 4.78. The Balaban J connectivity index is 1.96. The highest BCUT2D eigenvalue weighted by atomic mass is 32.1. The summed E-state index contributed by atoms with van der Waals surface area (Å²) in [6, 6.07) is 0. The van der Waals surface area contributed by atoms with Gasteiger partial charge in [-0.15, -0.1) is 11.3 Å². The van der Waals surface area contributed by atoms with E-state index in [0.717, 1.165) is 13.0 Å². The molecule has 0 spiro atoms. The summed E-state index contributed by atoms with van der Waals surface area (Å²) in [4.78, 5) is 12.2. The van der Waals surface area contributed by atoms with Crippen molar-refractivity contribution in [1.29, 1.82) is 0 Å². The summed E-state index contributed by atoms with van der Waals surface area (Å²) in [5.41, 5.74) is 0.994. The molecule has 2 aromatic heterocycles. The molecule has 6 nitrogen and oxygen atoms in total. The maximum absolute atomic E-state index is 12.2. The van der Waals surface area contributed by atoms with Crippen LogP contribution in [0, 0.1) is 0 Å². The smallest absolute Gasteiger partial charge is 0.260 e. The van der Waals surface area contributed by atoms with Gasteiger partial charge in [-0.25, -0.2) is 0 Å². The Morgan fingerprint density at radius 3 is 2.86 bits per heavy atom. The first kappa shape index (κ1) is 16.5. The van der Waals surface area contributed by atoms with Gasteiger partial charge >= 0.3 is 0 Å². The quantitative estimate of drug-likeness (QED) is 0.850. The molecular weight excluding hydrogens is 302 g/mol. The number of hydrogen-bond acceptors (Lipinski definition) is 5. The summed E-state index contributed by atoms with van der Waals surface area (Å²) in [5.74, 6) is 0.381. The number of carbonyl (C=O) groups is 1. The van der Waals surface area contributed by atoms with Crippen molar-refractivity contribution in [3.05, 3.63) is 28.7 Å². The number of nitrogens with one attached hydrogen (secondary N) is 1. The van der Waals surface area contributed by atoms with Crippen molar-refractivity contribution in [2.24, 2.45) is 0 Å². The number of carbonyl (C=O) groups excluding carboxylic acids is 1. The molecule has 0 saturated heterocycles. The van der Waals surface area contributed by atoms with Crippen molar-refractivity contribution in [2.45, 2.75) is 32.4 Å². The van der Waals surface area contributed by atoms with Crippen molar-refractivity contribution >= 4 is 22.9 Å². The topological polar surface area (TPSA) is 65.4 Å². The Kier molecular flexibility index (Phi) is 5.20. The Morgan fingerprint density at radius 1 is 1.41 bits per heavy atom. The molecule has 0 aliphatic rings. The number of rotatable bonds is 7. The van der Waals surface area contributed by atoms with Gasteiger partial charge in [0.2, 0.25) is 0 Å². The lowest BCUT2D eigenvalue weighted by Gasteiger charge is -2.22. The van der Waals surface area contributed by atoms with Crippen LogP contribution in [0.4, 0.5) is 5.69 Å². The average molecular weight is 323 g/mol. The van der Waals surface area contributed by atoms with E-state index in [1.807, 2.05) is 20.0 Å². The van der Waals surface area contributed by atoms with Crippen LogP contribution in [0.25, 0.3) is 0 Å². The number of nitrogens with zero attached hydrogens (tertiary/aromatic N) is 2. The highest BCUT2D eigenvalue weighted by Gasteiger charge is 2.17. The van der Waals surface area contributed by atoms with Crippen molar-refractivity contribution in [3.63, 3.8) is 0 Å². The van der Waals surface area contributed by atoms with E-state index in [-0.39, 0.29) is 11.5 Å². The average Bonchev–Trinajstić information content (AvgIpc) is 3.13. The fourth-order valence-corrected chi connectivity index (χ4v) is 2.62. The molecule has 1 amide bonds. The summed E-state index contributed by atoms with van der Waals surface area (Å²) in [7, 11) is 3.25. The Morgan fingerprint density at radius 2 is 2.18 bits per heavy atom. The molecule has 0 unspecified atom stereocenters. The molecule has 2 heterocycles. The normalized spacial score (nSPS) is 11.5. The minimum Gasteiger partial charge on any atom is -0.495 e. The van der Waals surface area contributed by atoms with Crippen molar-refractivity contribution in [2.75, 3.05) is 19.5 Å². The molecule has 0 saturated carbocycles. The van der Waals surface area contributed by atoms with E-state index in [1.165, 1.54) is 11.3 Å². The fourth-order valence-electron chi connectivity index (χ4n) is 1.84. The number of ether oxygens (including phenoxy) is 2. The van der Waals surface area contributed by atoms with Gasteiger partial charge in [0.05, 0.1) is 30.2 Å². The third-order valence-electron chi connectivity index (χ3n) is 3.48. The van der Waals surface area contributed by atoms with Gasteiger partial charge in [-0.3, -0.25) is 9.48 Å². The van der Waals surface area contributed by atoms with Gasteiger partial charge in [-0.05, 0) is 20.3 Å². The zero-order valence-electron chi connectivity index (χ0n) is 13.3. The summed E-state index contributed by atoms with van der Waals surface area (Å²) in [5, 5.41) is 10.6. The molecule has 2 rings (SSSR count). The van der Waals surface area contributed by atoms with Crippen molar-refractivity contribution < 1.29 is 14.3 Å². The second-order valence-corrected chi connectivity index (χ2v) is 6.26. The molecule has 2 aromatic rings. The van der Waals surface area contributed by atoms with Crippen LogP contribution >= 0.6 is 11.3 Å². The van der Waals surface area contributed by atoms with Crippen LogP contribution in [0.2, 0.25) is 0 Å². The maximum atomic E-state index is 12.2. The van der Waals surface area contributed by atoms with E-state index in [4.69, 9.17) is 9.47 Å². The van der Waals surface area contributed by atoms with Crippen LogP contribution < -0.4 is 10.1 Å². The number of thiophene rings is 1. The number of anilines is 1. The summed E-state index contributed by atoms with van der Waals surface area (Å²) >= 11 is 1.43. The first-order valence-corrected chi connectivity index (χ1v) is 7.88. The second-order valence-electron chi connectivity index (χ2n) is 5.51. The molecular formula is C15H21N3O3S. The van der Waals surface area contributed by atoms with E-state index in [9.17, 15) is 4.79 Å². The molecule has 0 fully saturated rings. The third-order valence-corrected chi connectivity index (χ3v) is 4.20. The number of aromatic nitrogens is 2. The molecule has 1 N–H and O–H groups in total. The van der Waals surface area contributed by atoms with E-state index in [1.54, 1.807) is 35.9 Å². The number of aryl methyl sites for hydroxylation is 1. The van der Waals surface area contributed by atoms with Gasteiger partial charge in [0, 0.05) is 30.6 Å². The zero-order valence-corrected chi connectivity index (χ0v) is 14.1. The Labute approximate surface area is 134 Å². The minimum atomic E-state index is -0.199. The van der Waals surface area contributed by atoms with Crippen molar-refractivity contribution in [3.8, 4) is 5.75 Å². The molecule has 0 aliphatic carbocycles. The first-order chi connectivity index (χ1) is 10.4. The molecule has 0 aliphatic heterocycles. The summed E-state index contributed by atoms with van der Waals surface area (Å²) < 4.78 is 12.3. The van der Waals surface area contributed by atoms with Gasteiger partial charge in [0.25, 0.3) is 5.91 Å². The van der Waals surface area contributed by atoms with Gasteiger partial charge < -0.3 is 14.8 Å². The molecule has 0 radical (unpaired) electrons. The Hall–Kier alpha value is -1.86. The third kappa shape index (κ3) is 4.08. The van der Waals surface area contributed by atoms with Crippen LogP contribution in [0.15, 0.2) is 23.2 Å². The lowest BCUT2D eigenvalue weighted by atomic mass is 10.1. The molecule has 120 valence electrons. The highest BCUT2D eigenvalue weighted by molar-refractivity contribution is 7.08. The van der Waals surface area contributed by atoms with E-state index >= 15 is 0 Å². The SMILES string of the molecule is COc1cscc1C(=O)Nc1cnn(CCC(C)(C)OC)c1. The molecule has 22 heavy (non-hydrogen) atoms. The van der Waals surface area contributed by atoms with Gasteiger partial charge in [-0.2, -0.15) is 5.10 Å². The standard InChI is InChI=1S/C15H21N3O3S/c1-15(2,21-4)5-6-18-8-11(7-16-18)17-14(19)12-9-22-10-13(12)20-3/h7-10H,5-6H2,1-4H3,(H,17,19). The monoisotopic (exact) mass is 323 g/mol. The number of hydrogen-bond donors (Lipinski definition) is 1. The largest absolute Gasteiger partial charge is 0.495 e. The fraction of sp³-hybridized carbons (Fsp3) is 0.467. The predicted octanol–water partition coefficient (Wildman–Crippen LogP) is 3.02. The van der Waals surface area contributed by atoms with Crippen LogP contribution in [-0.4, -0.2) is 35.5 Å². The molecule has 0 aromatic carbocycles. The number of amides is 1. The highest BCUT2D eigenvalue weighted by Crippen LogP contribution is 2.24. The Bertz CT molecular complexity index is 634. The van der Waals surface area contributed by atoms with Gasteiger partial charge in [-0.1, -0.05) is 0 Å². The second kappa shape index (κ2) is 6.93. The maximum Gasteiger partial charge on any atom is 0.260 e. The number of methoxy groups -OCH3 is 2. The van der Waals surface area contributed by atoms with Crippen LogP contribution in [0.3, 0.4) is 0 Å². The summed E-state index contributed by atoms with van der Waals surface area (Å²) in [6.07, 6.45) is 4.27. The van der Waals surface area contributed by atoms with Crippen LogP contribution in [-0.2, 0) is 11.3 Å². The van der Waals surface area contributed by atoms with Crippen molar-refractivity contribution in [1.82, 2.24) is 9.78 Å². The van der Waals surface area contributed by atoms with E-state index in [2.05, 4.69) is 10.4 Å². The predicted molar refractivity (Wildman–Crippen MR) is 86.8 cm³/mol. The minimum absolute atomic E-state index is 0.195. The van der Waals surface area contributed by atoms with Crippen LogP contribution in [0.5, 0.6) is 5.75 Å². The lowest BCUT2D eigenvalue weighted by molar-refractivity contribution is 0.0113. The van der Waals surface area contributed by atoms with E-state index in [0.29, 0.717) is 17.0 Å². The van der Waals surface area contributed by atoms with Crippen LogP contribution in [0.1, 0.15) is 30.6 Å². The molecule has 7 heteroatoms. The van der Waals surface area contributed by atoms with E-state index < -0.39 is 0 Å². The lowest BCUT2D eigenvalue weighted by Crippen LogP contribution is -2.24. The first-order valence-electron chi connectivity index (χ1n) is 6.94. The van der Waals surface area contributed by atoms with Gasteiger partial charge in [0.15, 0.2) is 0 Å².